The summed E-state index contributed by atoms with van der Waals surface area (Å²) in [5.41, 5.74) is 4.54. The van der Waals surface area contributed by atoms with Crippen LogP contribution in [0.15, 0.2) is 73.1 Å². The van der Waals surface area contributed by atoms with E-state index in [1.165, 1.54) is 12.3 Å². The van der Waals surface area contributed by atoms with Crippen LogP contribution < -0.4 is 10.6 Å². The maximum absolute atomic E-state index is 12.8. The van der Waals surface area contributed by atoms with Gasteiger partial charge >= 0.3 is 0 Å². The number of para-hydroxylation sites is 1. The second kappa shape index (κ2) is 8.13. The highest BCUT2D eigenvalue weighted by Gasteiger charge is 2.14. The van der Waals surface area contributed by atoms with Gasteiger partial charge in [-0.2, -0.15) is 0 Å². The molecule has 2 amide bonds. The zero-order chi connectivity index (χ0) is 21.1. The van der Waals surface area contributed by atoms with Crippen LogP contribution in [0.25, 0.3) is 10.9 Å². The van der Waals surface area contributed by atoms with Gasteiger partial charge in [0.25, 0.3) is 11.8 Å². The van der Waals surface area contributed by atoms with Gasteiger partial charge in [-0.1, -0.05) is 30.3 Å². The van der Waals surface area contributed by atoms with Gasteiger partial charge in [-0.15, -0.1) is 0 Å². The lowest BCUT2D eigenvalue weighted by Gasteiger charge is -2.10. The molecule has 0 radical (unpaired) electrons. The number of hydrogen-bond acceptors (Lipinski definition) is 4. The first-order valence-electron chi connectivity index (χ1n) is 9.51. The predicted molar refractivity (Wildman–Crippen MR) is 118 cm³/mol. The molecule has 148 valence electrons. The third-order valence-corrected chi connectivity index (χ3v) is 4.78. The molecule has 2 aromatic carbocycles. The Hall–Kier alpha value is -4.06. The van der Waals surface area contributed by atoms with Crippen molar-refractivity contribution in [3.63, 3.8) is 0 Å². The van der Waals surface area contributed by atoms with Crippen molar-refractivity contribution >= 4 is 34.1 Å². The minimum absolute atomic E-state index is 0.150. The van der Waals surface area contributed by atoms with Gasteiger partial charge < -0.3 is 10.6 Å². The summed E-state index contributed by atoms with van der Waals surface area (Å²) in [4.78, 5) is 33.9. The number of carbonyl (C=O) groups is 2. The number of fused-ring (bicyclic) bond motifs is 1. The fraction of sp³-hybridized carbons (Fsp3) is 0.0833. The lowest BCUT2D eigenvalue weighted by Crippen LogP contribution is -2.17. The van der Waals surface area contributed by atoms with Crippen LogP contribution in [0.3, 0.4) is 0 Å². The van der Waals surface area contributed by atoms with E-state index < -0.39 is 5.91 Å². The van der Waals surface area contributed by atoms with Crippen LogP contribution in [0.5, 0.6) is 0 Å². The van der Waals surface area contributed by atoms with Crippen LogP contribution in [-0.2, 0) is 0 Å². The molecule has 2 N–H and O–H groups in total. The molecule has 0 aliphatic rings. The summed E-state index contributed by atoms with van der Waals surface area (Å²) in [6.45, 7) is 3.89. The van der Waals surface area contributed by atoms with Crippen molar-refractivity contribution in [2.24, 2.45) is 0 Å². The number of aromatic nitrogens is 2. The number of pyridine rings is 2. The van der Waals surface area contributed by atoms with E-state index in [1.807, 2.05) is 56.3 Å². The summed E-state index contributed by atoms with van der Waals surface area (Å²) in [6.07, 6.45) is 3.13. The molecule has 0 saturated heterocycles. The van der Waals surface area contributed by atoms with Crippen LogP contribution >= 0.6 is 0 Å². The summed E-state index contributed by atoms with van der Waals surface area (Å²) < 4.78 is 0. The molecule has 6 nitrogen and oxygen atoms in total. The maximum atomic E-state index is 12.8. The Morgan fingerprint density at radius 2 is 1.57 bits per heavy atom. The van der Waals surface area contributed by atoms with Gasteiger partial charge in [0, 0.05) is 29.0 Å². The normalized spacial score (nSPS) is 10.6. The third kappa shape index (κ3) is 4.03. The topological polar surface area (TPSA) is 84.0 Å². The number of nitrogens with zero attached hydrogens (tertiary/aromatic N) is 2. The van der Waals surface area contributed by atoms with Gasteiger partial charge in [-0.25, -0.2) is 0 Å². The Morgan fingerprint density at radius 1 is 0.767 bits per heavy atom. The highest BCUT2D eigenvalue weighted by Crippen LogP contribution is 2.21. The van der Waals surface area contributed by atoms with Crippen LogP contribution in [0.1, 0.15) is 32.0 Å². The van der Waals surface area contributed by atoms with Crippen LogP contribution in [-0.4, -0.2) is 21.8 Å². The first kappa shape index (κ1) is 19.3. The van der Waals surface area contributed by atoms with Crippen molar-refractivity contribution in [2.75, 3.05) is 10.6 Å². The first-order valence-corrected chi connectivity index (χ1v) is 9.51. The van der Waals surface area contributed by atoms with Crippen molar-refractivity contribution in [1.29, 1.82) is 0 Å². The Labute approximate surface area is 174 Å². The Kier molecular flexibility index (Phi) is 5.22. The van der Waals surface area contributed by atoms with E-state index in [1.54, 1.807) is 18.3 Å². The average Bonchev–Trinajstić information content (AvgIpc) is 2.76. The Balaban J connectivity index is 1.56. The number of amides is 2. The van der Waals surface area contributed by atoms with Crippen molar-refractivity contribution in [2.45, 2.75) is 13.8 Å². The molecule has 0 bridgehead atoms. The summed E-state index contributed by atoms with van der Waals surface area (Å²) >= 11 is 0. The van der Waals surface area contributed by atoms with E-state index in [4.69, 9.17) is 0 Å². The Morgan fingerprint density at radius 3 is 2.43 bits per heavy atom. The van der Waals surface area contributed by atoms with E-state index in [-0.39, 0.29) is 11.6 Å². The van der Waals surface area contributed by atoms with Crippen LogP contribution in [0, 0.1) is 13.8 Å². The van der Waals surface area contributed by atoms with Crippen molar-refractivity contribution in [1.82, 2.24) is 9.97 Å². The molecular formula is C24H20N4O2. The second-order valence-corrected chi connectivity index (χ2v) is 7.04. The molecule has 30 heavy (non-hydrogen) atoms. The van der Waals surface area contributed by atoms with Crippen LogP contribution in [0.2, 0.25) is 0 Å². The molecule has 0 aliphatic carbocycles. The largest absolute Gasteiger partial charge is 0.322 e. The van der Waals surface area contributed by atoms with E-state index in [0.717, 1.165) is 22.2 Å². The monoisotopic (exact) mass is 396 g/mol. The fourth-order valence-corrected chi connectivity index (χ4v) is 3.15. The lowest BCUT2D eigenvalue weighted by molar-refractivity contribution is 0.102. The lowest BCUT2D eigenvalue weighted by atomic mass is 10.1. The minimum Gasteiger partial charge on any atom is -0.322 e. The number of benzene rings is 2. The molecule has 0 saturated carbocycles. The standard InChI is InChI=1S/C24H20N4O2/c1-15-8-9-16(2)20(13-15)28-23(29)18-10-12-25-21(14-18)24(30)27-19-7-3-5-17-6-4-11-26-22(17)19/h3-14H,1-2H3,(H,27,30)(H,28,29). The van der Waals surface area contributed by atoms with Gasteiger partial charge in [-0.05, 0) is 55.3 Å². The number of carbonyl (C=O) groups excluding carboxylic acids is 2. The molecule has 0 aliphatic heterocycles. The van der Waals surface area contributed by atoms with Crippen LogP contribution in [0.4, 0.5) is 11.4 Å². The second-order valence-electron chi connectivity index (χ2n) is 7.04. The molecule has 0 spiro atoms. The van der Waals surface area contributed by atoms with Crippen molar-refractivity contribution in [3.05, 3.63) is 95.4 Å². The molecule has 0 fully saturated rings. The molecule has 0 unspecified atom stereocenters. The van der Waals surface area contributed by atoms with E-state index in [0.29, 0.717) is 16.8 Å². The summed E-state index contributed by atoms with van der Waals surface area (Å²) in [7, 11) is 0. The van der Waals surface area contributed by atoms with Crippen molar-refractivity contribution < 1.29 is 9.59 Å². The molecule has 2 aromatic heterocycles. The summed E-state index contributed by atoms with van der Waals surface area (Å²) in [5.74, 6) is -0.707. The fourth-order valence-electron chi connectivity index (χ4n) is 3.15. The molecular weight excluding hydrogens is 376 g/mol. The third-order valence-electron chi connectivity index (χ3n) is 4.78. The first-order chi connectivity index (χ1) is 14.5. The number of anilines is 2. The van der Waals surface area contributed by atoms with E-state index in [2.05, 4.69) is 20.6 Å². The predicted octanol–water partition coefficient (Wildman–Crippen LogP) is 4.75. The molecule has 4 aromatic rings. The molecule has 2 heterocycles. The van der Waals surface area contributed by atoms with E-state index >= 15 is 0 Å². The molecule has 6 heteroatoms. The number of aryl methyl sites for hydroxylation is 2. The van der Waals surface area contributed by atoms with Gasteiger partial charge in [0.2, 0.25) is 0 Å². The van der Waals surface area contributed by atoms with Crippen molar-refractivity contribution in [3.8, 4) is 0 Å². The minimum atomic E-state index is -0.408. The van der Waals surface area contributed by atoms with Gasteiger partial charge in [-0.3, -0.25) is 19.6 Å². The number of nitrogens with one attached hydrogen (secondary N) is 2. The zero-order valence-electron chi connectivity index (χ0n) is 16.6. The van der Waals surface area contributed by atoms with Gasteiger partial charge in [0.15, 0.2) is 0 Å². The zero-order valence-corrected chi connectivity index (χ0v) is 16.6. The average molecular weight is 396 g/mol. The molecule has 0 atom stereocenters. The molecule has 4 rings (SSSR count). The number of hydrogen-bond donors (Lipinski definition) is 2. The smallest absolute Gasteiger partial charge is 0.274 e. The van der Waals surface area contributed by atoms with Gasteiger partial charge in [0.1, 0.15) is 5.69 Å². The highest BCUT2D eigenvalue weighted by atomic mass is 16.2. The Bertz CT molecular complexity index is 1260. The van der Waals surface area contributed by atoms with E-state index in [9.17, 15) is 9.59 Å². The SMILES string of the molecule is Cc1ccc(C)c(NC(=O)c2ccnc(C(=O)Nc3cccc4cccnc34)c2)c1. The van der Waals surface area contributed by atoms with Gasteiger partial charge in [0.05, 0.1) is 11.2 Å². The summed E-state index contributed by atoms with van der Waals surface area (Å²) in [5, 5.41) is 6.66. The number of rotatable bonds is 4. The summed E-state index contributed by atoms with van der Waals surface area (Å²) in [6, 6.07) is 18.2. The quantitative estimate of drug-likeness (QED) is 0.521. The maximum Gasteiger partial charge on any atom is 0.274 e. The highest BCUT2D eigenvalue weighted by molar-refractivity contribution is 6.10.